The molecule has 0 fully saturated rings. The Hall–Kier alpha value is -3.62. The third kappa shape index (κ3) is 2.37. The van der Waals surface area contributed by atoms with Crippen molar-refractivity contribution in [3.05, 3.63) is 79.4 Å². The fourth-order valence-electron chi connectivity index (χ4n) is 2.56. The molecule has 9 nitrogen and oxygen atoms in total. The van der Waals surface area contributed by atoms with Crippen molar-refractivity contribution < 1.29 is 19.4 Å². The van der Waals surface area contributed by atoms with Crippen molar-refractivity contribution in [1.82, 2.24) is 4.90 Å². The maximum atomic E-state index is 12.4. The molecule has 0 bridgehead atoms. The number of rotatable bonds is 4. The number of nitro groups is 2. The molecule has 0 saturated heterocycles. The summed E-state index contributed by atoms with van der Waals surface area (Å²) in [6, 6.07) is 9.34. The van der Waals surface area contributed by atoms with Crippen LogP contribution >= 0.6 is 0 Å². The summed E-state index contributed by atoms with van der Waals surface area (Å²) >= 11 is 0. The van der Waals surface area contributed by atoms with E-state index in [2.05, 4.69) is 0 Å². The van der Waals surface area contributed by atoms with Gasteiger partial charge in [0.2, 0.25) is 0 Å². The van der Waals surface area contributed by atoms with Gasteiger partial charge >= 0.3 is 0 Å². The van der Waals surface area contributed by atoms with Crippen LogP contribution in [0.15, 0.2) is 42.5 Å². The number of hydrogen-bond donors (Lipinski definition) is 0. The van der Waals surface area contributed by atoms with Gasteiger partial charge in [0.25, 0.3) is 23.2 Å². The van der Waals surface area contributed by atoms with Gasteiger partial charge in [-0.15, -0.1) is 0 Å². The number of fused-ring (bicyclic) bond motifs is 1. The molecule has 0 radical (unpaired) electrons. The van der Waals surface area contributed by atoms with E-state index in [0.717, 1.165) is 11.0 Å². The average molecular weight is 327 g/mol. The summed E-state index contributed by atoms with van der Waals surface area (Å²) in [4.78, 5) is 46.2. The summed E-state index contributed by atoms with van der Waals surface area (Å²) in [5, 5.41) is 21.8. The Bertz CT molecular complexity index is 908. The van der Waals surface area contributed by atoms with Crippen LogP contribution in [-0.2, 0) is 6.54 Å². The van der Waals surface area contributed by atoms with Crippen LogP contribution < -0.4 is 0 Å². The fourth-order valence-corrected chi connectivity index (χ4v) is 2.56. The first-order valence-electron chi connectivity index (χ1n) is 6.77. The first-order valence-corrected chi connectivity index (χ1v) is 6.77. The lowest BCUT2D eigenvalue weighted by Gasteiger charge is -2.13. The van der Waals surface area contributed by atoms with Gasteiger partial charge in [-0.3, -0.25) is 34.7 Å². The van der Waals surface area contributed by atoms with Crippen molar-refractivity contribution in [1.29, 1.82) is 0 Å². The van der Waals surface area contributed by atoms with Crippen molar-refractivity contribution in [2.45, 2.75) is 6.54 Å². The molecule has 2 amide bonds. The summed E-state index contributed by atoms with van der Waals surface area (Å²) < 4.78 is 0. The number of amides is 2. The molecule has 1 aliphatic rings. The SMILES string of the molecule is O=C1c2cccc([N+](=O)[O-])c2C(=O)N1Cc1cccc([N+](=O)[O-])c1. The Kier molecular flexibility index (Phi) is 3.53. The third-order valence-electron chi connectivity index (χ3n) is 3.64. The molecule has 1 aliphatic heterocycles. The molecule has 120 valence electrons. The largest absolute Gasteiger partial charge is 0.282 e. The smallest absolute Gasteiger partial charge is 0.270 e. The molecule has 0 aromatic heterocycles. The van der Waals surface area contributed by atoms with Gasteiger partial charge < -0.3 is 0 Å². The van der Waals surface area contributed by atoms with Gasteiger partial charge in [0, 0.05) is 18.2 Å². The minimum absolute atomic E-state index is 0.0420. The maximum Gasteiger partial charge on any atom is 0.282 e. The van der Waals surface area contributed by atoms with Crippen LogP contribution in [0.2, 0.25) is 0 Å². The normalized spacial score (nSPS) is 13.1. The molecule has 2 aromatic rings. The Labute approximate surface area is 134 Å². The number of nitrogens with zero attached hydrogens (tertiary/aromatic N) is 3. The molecule has 3 rings (SSSR count). The number of non-ortho nitro benzene ring substituents is 1. The molecular formula is C15H9N3O6. The Morgan fingerprint density at radius 1 is 0.917 bits per heavy atom. The number of benzene rings is 2. The first kappa shape index (κ1) is 15.3. The molecule has 1 heterocycles. The van der Waals surface area contributed by atoms with Gasteiger partial charge in [-0.05, 0) is 11.6 Å². The van der Waals surface area contributed by atoms with Crippen LogP contribution in [0.5, 0.6) is 0 Å². The van der Waals surface area contributed by atoms with Crippen LogP contribution in [0.4, 0.5) is 11.4 Å². The number of nitro benzene ring substituents is 2. The Balaban J connectivity index is 1.97. The van der Waals surface area contributed by atoms with E-state index in [-0.39, 0.29) is 23.4 Å². The Morgan fingerprint density at radius 2 is 1.62 bits per heavy atom. The van der Waals surface area contributed by atoms with Crippen molar-refractivity contribution >= 4 is 23.2 Å². The van der Waals surface area contributed by atoms with E-state index in [1.165, 1.54) is 36.4 Å². The van der Waals surface area contributed by atoms with E-state index in [9.17, 15) is 29.8 Å². The molecule has 24 heavy (non-hydrogen) atoms. The van der Waals surface area contributed by atoms with Gasteiger partial charge in [0.1, 0.15) is 5.56 Å². The maximum absolute atomic E-state index is 12.4. The van der Waals surface area contributed by atoms with Gasteiger partial charge in [-0.1, -0.05) is 18.2 Å². The van der Waals surface area contributed by atoms with Crippen molar-refractivity contribution in [2.75, 3.05) is 0 Å². The van der Waals surface area contributed by atoms with E-state index in [1.807, 2.05) is 0 Å². The minimum atomic E-state index is -0.784. The van der Waals surface area contributed by atoms with E-state index >= 15 is 0 Å². The van der Waals surface area contributed by atoms with Gasteiger partial charge in [-0.25, -0.2) is 0 Å². The van der Waals surface area contributed by atoms with Crippen molar-refractivity contribution in [3.8, 4) is 0 Å². The van der Waals surface area contributed by atoms with Gasteiger partial charge in [-0.2, -0.15) is 0 Å². The van der Waals surface area contributed by atoms with E-state index in [4.69, 9.17) is 0 Å². The number of carbonyl (C=O) groups is 2. The lowest BCUT2D eigenvalue weighted by molar-refractivity contribution is -0.385. The Morgan fingerprint density at radius 3 is 2.29 bits per heavy atom. The zero-order valence-corrected chi connectivity index (χ0v) is 12.0. The van der Waals surface area contributed by atoms with Crippen molar-refractivity contribution in [3.63, 3.8) is 0 Å². The summed E-state index contributed by atoms with van der Waals surface area (Å²) in [5.41, 5.74) is -0.526. The van der Waals surface area contributed by atoms with Crippen LogP contribution in [0.1, 0.15) is 26.3 Å². The second-order valence-corrected chi connectivity index (χ2v) is 5.08. The first-order chi connectivity index (χ1) is 11.4. The minimum Gasteiger partial charge on any atom is -0.270 e. The predicted molar refractivity (Wildman–Crippen MR) is 80.4 cm³/mol. The quantitative estimate of drug-likeness (QED) is 0.482. The predicted octanol–water partition coefficient (Wildman–Crippen LogP) is 2.30. The van der Waals surface area contributed by atoms with Crippen molar-refractivity contribution in [2.24, 2.45) is 0 Å². The number of hydrogen-bond acceptors (Lipinski definition) is 6. The number of imide groups is 1. The lowest BCUT2D eigenvalue weighted by atomic mass is 10.1. The van der Waals surface area contributed by atoms with E-state index < -0.39 is 27.3 Å². The molecule has 0 aliphatic carbocycles. The van der Waals surface area contributed by atoms with Crippen LogP contribution in [0.3, 0.4) is 0 Å². The lowest BCUT2D eigenvalue weighted by Crippen LogP contribution is -2.29. The summed E-state index contributed by atoms with van der Waals surface area (Å²) in [7, 11) is 0. The molecule has 0 saturated carbocycles. The second-order valence-electron chi connectivity index (χ2n) is 5.08. The van der Waals surface area contributed by atoms with Crippen LogP contribution in [0.25, 0.3) is 0 Å². The number of carbonyl (C=O) groups excluding carboxylic acids is 2. The molecule has 0 atom stereocenters. The zero-order valence-electron chi connectivity index (χ0n) is 12.0. The zero-order chi connectivity index (χ0) is 17.4. The molecule has 0 spiro atoms. The molecule has 9 heteroatoms. The standard InChI is InChI=1S/C15H9N3O6/c19-14-11-5-2-6-12(18(23)24)13(11)15(20)16(14)8-9-3-1-4-10(7-9)17(21)22/h1-7H,8H2. The third-order valence-corrected chi connectivity index (χ3v) is 3.64. The summed E-state index contributed by atoms with van der Waals surface area (Å²) in [5.74, 6) is -1.45. The molecule has 2 aromatic carbocycles. The van der Waals surface area contributed by atoms with Gasteiger partial charge in [0.15, 0.2) is 0 Å². The molecule has 0 N–H and O–H groups in total. The van der Waals surface area contributed by atoms with E-state index in [1.54, 1.807) is 0 Å². The van der Waals surface area contributed by atoms with Crippen LogP contribution in [0, 0.1) is 20.2 Å². The summed E-state index contributed by atoms with van der Waals surface area (Å²) in [6.45, 7) is -0.203. The molecule has 0 unspecified atom stereocenters. The second kappa shape index (κ2) is 5.54. The van der Waals surface area contributed by atoms with Gasteiger partial charge in [0.05, 0.1) is 22.0 Å². The monoisotopic (exact) mass is 327 g/mol. The highest BCUT2D eigenvalue weighted by Crippen LogP contribution is 2.31. The van der Waals surface area contributed by atoms with Crippen LogP contribution in [-0.4, -0.2) is 26.6 Å². The van der Waals surface area contributed by atoms with E-state index in [0.29, 0.717) is 5.56 Å². The highest BCUT2D eigenvalue weighted by atomic mass is 16.6. The molecular weight excluding hydrogens is 318 g/mol. The fraction of sp³-hybridized carbons (Fsp3) is 0.0667. The highest BCUT2D eigenvalue weighted by Gasteiger charge is 2.40. The topological polar surface area (TPSA) is 124 Å². The highest BCUT2D eigenvalue weighted by molar-refractivity contribution is 6.23. The summed E-state index contributed by atoms with van der Waals surface area (Å²) in [6.07, 6.45) is 0. The average Bonchev–Trinajstić information content (AvgIpc) is 2.80.